The Bertz CT molecular complexity index is 809. The number of carbonyl (C=O) groups excluding carboxylic acids is 1. The van der Waals surface area contributed by atoms with Crippen molar-refractivity contribution in [1.29, 1.82) is 0 Å². The molecule has 0 fully saturated rings. The van der Waals surface area contributed by atoms with E-state index in [1.165, 1.54) is 30.3 Å². The highest BCUT2D eigenvalue weighted by atomic mass is 35.5. The van der Waals surface area contributed by atoms with Crippen molar-refractivity contribution in [1.82, 2.24) is 0 Å². The standard InChI is InChI=1S/C17H12ClF2NO4/c18-13-7-10(8-14-16(13)24-9-23-14)1-6-15(22)21-11-2-4-12(5-3-11)25-17(19)20/h1-8,17H,9H2,(H,21,22)/b6-1+. The fourth-order valence-electron chi connectivity index (χ4n) is 2.16. The van der Waals surface area contributed by atoms with Crippen molar-refractivity contribution in [2.45, 2.75) is 6.61 Å². The SMILES string of the molecule is O=C(/C=C/c1cc(Cl)c2c(c1)OCO2)Nc1ccc(OC(F)F)cc1. The monoisotopic (exact) mass is 367 g/mol. The topological polar surface area (TPSA) is 56.8 Å². The summed E-state index contributed by atoms with van der Waals surface area (Å²) in [5.41, 5.74) is 1.12. The van der Waals surface area contributed by atoms with Crippen molar-refractivity contribution >= 4 is 29.3 Å². The largest absolute Gasteiger partial charge is 0.454 e. The van der Waals surface area contributed by atoms with Gasteiger partial charge in [0.2, 0.25) is 12.7 Å². The van der Waals surface area contributed by atoms with Gasteiger partial charge < -0.3 is 19.5 Å². The number of amides is 1. The summed E-state index contributed by atoms with van der Waals surface area (Å²) in [4.78, 5) is 11.9. The number of benzene rings is 2. The summed E-state index contributed by atoms with van der Waals surface area (Å²) in [6.45, 7) is -2.79. The zero-order chi connectivity index (χ0) is 17.8. The molecule has 0 saturated carbocycles. The molecule has 25 heavy (non-hydrogen) atoms. The van der Waals surface area contributed by atoms with Gasteiger partial charge in [0.25, 0.3) is 0 Å². The highest BCUT2D eigenvalue weighted by molar-refractivity contribution is 6.32. The Labute approximate surface area is 146 Å². The first-order chi connectivity index (χ1) is 12.0. The summed E-state index contributed by atoms with van der Waals surface area (Å²) in [6.07, 6.45) is 2.88. The van der Waals surface area contributed by atoms with Crippen LogP contribution in [-0.4, -0.2) is 19.3 Å². The molecule has 0 radical (unpaired) electrons. The average Bonchev–Trinajstić information content (AvgIpc) is 3.03. The minimum Gasteiger partial charge on any atom is -0.454 e. The lowest BCUT2D eigenvalue weighted by atomic mass is 10.2. The van der Waals surface area contributed by atoms with E-state index in [-0.39, 0.29) is 12.5 Å². The first kappa shape index (κ1) is 17.0. The second kappa shape index (κ2) is 7.40. The fourth-order valence-corrected chi connectivity index (χ4v) is 2.43. The van der Waals surface area contributed by atoms with Gasteiger partial charge in [-0.1, -0.05) is 11.6 Å². The first-order valence-electron chi connectivity index (χ1n) is 7.14. The van der Waals surface area contributed by atoms with Gasteiger partial charge in [-0.25, -0.2) is 0 Å². The molecular formula is C17H12ClF2NO4. The van der Waals surface area contributed by atoms with E-state index in [0.717, 1.165) is 0 Å². The summed E-state index contributed by atoms with van der Waals surface area (Å²) >= 11 is 6.07. The summed E-state index contributed by atoms with van der Waals surface area (Å²) in [5.74, 6) is 0.617. The van der Waals surface area contributed by atoms with Gasteiger partial charge >= 0.3 is 6.61 Å². The maximum atomic E-state index is 12.1. The van der Waals surface area contributed by atoms with E-state index in [2.05, 4.69) is 10.1 Å². The molecule has 2 aromatic rings. The number of ether oxygens (including phenoxy) is 3. The summed E-state index contributed by atoms with van der Waals surface area (Å²) < 4.78 is 38.8. The Morgan fingerprint density at radius 2 is 2.00 bits per heavy atom. The minimum absolute atomic E-state index is 0.0125. The molecule has 3 rings (SSSR count). The Morgan fingerprint density at radius 3 is 2.72 bits per heavy atom. The smallest absolute Gasteiger partial charge is 0.387 e. The lowest BCUT2D eigenvalue weighted by Crippen LogP contribution is -2.08. The van der Waals surface area contributed by atoms with E-state index < -0.39 is 12.5 Å². The summed E-state index contributed by atoms with van der Waals surface area (Å²) in [6, 6.07) is 8.94. The molecule has 1 heterocycles. The van der Waals surface area contributed by atoms with E-state index in [9.17, 15) is 13.6 Å². The van der Waals surface area contributed by atoms with E-state index in [1.807, 2.05) is 0 Å². The predicted octanol–water partition coefficient (Wildman–Crippen LogP) is 4.32. The molecule has 1 N–H and O–H groups in total. The minimum atomic E-state index is -2.89. The molecule has 0 saturated heterocycles. The van der Waals surface area contributed by atoms with Crippen LogP contribution in [0.15, 0.2) is 42.5 Å². The van der Waals surface area contributed by atoms with Gasteiger partial charge in [-0.05, 0) is 48.0 Å². The van der Waals surface area contributed by atoms with Gasteiger partial charge in [-0.15, -0.1) is 0 Å². The van der Waals surface area contributed by atoms with Crippen LogP contribution in [0.25, 0.3) is 6.08 Å². The van der Waals surface area contributed by atoms with Crippen LogP contribution in [0.5, 0.6) is 17.2 Å². The van der Waals surface area contributed by atoms with Crippen LogP contribution in [-0.2, 0) is 4.79 Å². The van der Waals surface area contributed by atoms with Crippen molar-refractivity contribution in [3.8, 4) is 17.2 Å². The number of alkyl halides is 2. The Kier molecular flexibility index (Phi) is 5.04. The molecule has 0 spiro atoms. The number of anilines is 1. The highest BCUT2D eigenvalue weighted by Gasteiger charge is 2.17. The van der Waals surface area contributed by atoms with Gasteiger partial charge in [0.1, 0.15) is 5.75 Å². The molecular weight excluding hydrogens is 356 g/mol. The number of carbonyl (C=O) groups is 1. The third-order valence-corrected chi connectivity index (χ3v) is 3.50. The quantitative estimate of drug-likeness (QED) is 0.799. The summed E-state index contributed by atoms with van der Waals surface area (Å²) in [5, 5.41) is 3.00. The molecule has 5 nitrogen and oxygen atoms in total. The van der Waals surface area contributed by atoms with Gasteiger partial charge in [0, 0.05) is 11.8 Å². The molecule has 0 unspecified atom stereocenters. The number of hydrogen-bond donors (Lipinski definition) is 1. The van der Waals surface area contributed by atoms with Crippen LogP contribution >= 0.6 is 11.6 Å². The molecule has 8 heteroatoms. The van der Waals surface area contributed by atoms with Crippen LogP contribution in [0.2, 0.25) is 5.02 Å². The molecule has 0 bridgehead atoms. The number of halogens is 3. The number of hydrogen-bond acceptors (Lipinski definition) is 4. The van der Waals surface area contributed by atoms with Gasteiger partial charge in [-0.2, -0.15) is 8.78 Å². The Balaban J connectivity index is 1.62. The van der Waals surface area contributed by atoms with Crippen molar-refractivity contribution in [3.05, 3.63) is 53.1 Å². The van der Waals surface area contributed by atoms with Crippen molar-refractivity contribution < 1.29 is 27.8 Å². The molecule has 0 aliphatic carbocycles. The van der Waals surface area contributed by atoms with Crippen LogP contribution in [0.1, 0.15) is 5.56 Å². The predicted molar refractivity (Wildman–Crippen MR) is 88.3 cm³/mol. The van der Waals surface area contributed by atoms with Crippen LogP contribution in [0.3, 0.4) is 0 Å². The molecule has 2 aromatic carbocycles. The summed E-state index contributed by atoms with van der Waals surface area (Å²) in [7, 11) is 0. The average molecular weight is 368 g/mol. The molecule has 0 aromatic heterocycles. The lowest BCUT2D eigenvalue weighted by Gasteiger charge is -2.06. The van der Waals surface area contributed by atoms with Gasteiger partial charge in [0.15, 0.2) is 11.5 Å². The number of rotatable bonds is 5. The highest BCUT2D eigenvalue weighted by Crippen LogP contribution is 2.40. The van der Waals surface area contributed by atoms with Crippen LogP contribution in [0, 0.1) is 0 Å². The van der Waals surface area contributed by atoms with Crippen molar-refractivity contribution in [3.63, 3.8) is 0 Å². The molecule has 1 aliphatic heterocycles. The lowest BCUT2D eigenvalue weighted by molar-refractivity contribution is -0.111. The third kappa shape index (κ3) is 4.39. The molecule has 0 atom stereocenters. The Hall–Kier alpha value is -2.80. The number of fused-ring (bicyclic) bond motifs is 1. The van der Waals surface area contributed by atoms with Gasteiger partial charge in [0.05, 0.1) is 5.02 Å². The normalized spacial score (nSPS) is 12.6. The zero-order valence-electron chi connectivity index (χ0n) is 12.7. The van der Waals surface area contributed by atoms with Crippen molar-refractivity contribution in [2.24, 2.45) is 0 Å². The third-order valence-electron chi connectivity index (χ3n) is 3.22. The van der Waals surface area contributed by atoms with Gasteiger partial charge in [-0.3, -0.25) is 4.79 Å². The fraction of sp³-hybridized carbons (Fsp3) is 0.118. The zero-order valence-corrected chi connectivity index (χ0v) is 13.4. The second-order valence-electron chi connectivity index (χ2n) is 4.96. The van der Waals surface area contributed by atoms with E-state index in [4.69, 9.17) is 21.1 Å². The van der Waals surface area contributed by atoms with E-state index in [0.29, 0.717) is 27.8 Å². The van der Waals surface area contributed by atoms with Crippen LogP contribution in [0.4, 0.5) is 14.5 Å². The second-order valence-corrected chi connectivity index (χ2v) is 5.37. The van der Waals surface area contributed by atoms with E-state index >= 15 is 0 Å². The van der Waals surface area contributed by atoms with Crippen molar-refractivity contribution in [2.75, 3.05) is 12.1 Å². The van der Waals surface area contributed by atoms with Crippen LogP contribution < -0.4 is 19.5 Å². The number of nitrogens with one attached hydrogen (secondary N) is 1. The molecule has 1 amide bonds. The maximum absolute atomic E-state index is 12.1. The Morgan fingerprint density at radius 1 is 1.24 bits per heavy atom. The molecule has 1 aliphatic rings. The maximum Gasteiger partial charge on any atom is 0.387 e. The molecule has 130 valence electrons. The first-order valence-corrected chi connectivity index (χ1v) is 7.52. The van der Waals surface area contributed by atoms with E-state index in [1.54, 1.807) is 18.2 Å².